The van der Waals surface area contributed by atoms with Crippen molar-refractivity contribution in [2.75, 3.05) is 0 Å². The van der Waals surface area contributed by atoms with Gasteiger partial charge in [0.25, 0.3) is 11.1 Å². The van der Waals surface area contributed by atoms with Gasteiger partial charge in [0.2, 0.25) is 0 Å². The van der Waals surface area contributed by atoms with Crippen molar-refractivity contribution in [3.63, 3.8) is 0 Å². The molecule has 0 N–H and O–H groups in total. The fourth-order valence-corrected chi connectivity index (χ4v) is 4.42. The van der Waals surface area contributed by atoms with E-state index in [4.69, 9.17) is 27.9 Å². The summed E-state index contributed by atoms with van der Waals surface area (Å²) in [6.45, 7) is 0.110. The Labute approximate surface area is 198 Å². The van der Waals surface area contributed by atoms with E-state index in [0.29, 0.717) is 31.8 Å². The van der Waals surface area contributed by atoms with Crippen LogP contribution in [-0.4, -0.2) is 16.0 Å². The lowest BCUT2D eigenvalue weighted by atomic mass is 10.2. The predicted molar refractivity (Wildman–Crippen MR) is 125 cm³/mol. The number of imide groups is 1. The molecule has 1 heterocycles. The lowest BCUT2D eigenvalue weighted by molar-refractivity contribution is -0.123. The van der Waals surface area contributed by atoms with Crippen molar-refractivity contribution < 1.29 is 18.7 Å². The molecule has 8 heteroatoms. The van der Waals surface area contributed by atoms with E-state index in [9.17, 15) is 14.0 Å². The van der Waals surface area contributed by atoms with Crippen molar-refractivity contribution in [3.05, 3.63) is 104 Å². The molecule has 1 fully saturated rings. The molecule has 32 heavy (non-hydrogen) atoms. The summed E-state index contributed by atoms with van der Waals surface area (Å²) < 4.78 is 19.3. The van der Waals surface area contributed by atoms with E-state index in [2.05, 4.69) is 0 Å². The first-order valence-electron chi connectivity index (χ1n) is 9.57. The molecule has 0 unspecified atom stereocenters. The van der Waals surface area contributed by atoms with Crippen LogP contribution in [0.3, 0.4) is 0 Å². The summed E-state index contributed by atoms with van der Waals surface area (Å²) in [5, 5.41) is 0.403. The van der Waals surface area contributed by atoms with Gasteiger partial charge in [-0.15, -0.1) is 0 Å². The van der Waals surface area contributed by atoms with Gasteiger partial charge in [-0.1, -0.05) is 59.6 Å². The van der Waals surface area contributed by atoms with Gasteiger partial charge in [-0.3, -0.25) is 14.5 Å². The topological polar surface area (TPSA) is 46.6 Å². The van der Waals surface area contributed by atoms with Crippen LogP contribution in [0.1, 0.15) is 16.7 Å². The zero-order valence-corrected chi connectivity index (χ0v) is 18.9. The first-order chi connectivity index (χ1) is 15.4. The maximum Gasteiger partial charge on any atom is 0.293 e. The fraction of sp³-hybridized carbons (Fsp3) is 0.0833. The van der Waals surface area contributed by atoms with Gasteiger partial charge in [0.15, 0.2) is 0 Å². The Hall–Kier alpha value is -2.80. The van der Waals surface area contributed by atoms with Gasteiger partial charge in [0, 0.05) is 21.2 Å². The Morgan fingerprint density at radius 1 is 0.938 bits per heavy atom. The molecule has 0 bridgehead atoms. The average Bonchev–Trinajstić information content (AvgIpc) is 3.04. The van der Waals surface area contributed by atoms with E-state index >= 15 is 0 Å². The number of benzene rings is 3. The minimum atomic E-state index is -0.407. The summed E-state index contributed by atoms with van der Waals surface area (Å²) in [5.41, 5.74) is 1.71. The van der Waals surface area contributed by atoms with Gasteiger partial charge >= 0.3 is 0 Å². The van der Waals surface area contributed by atoms with Crippen LogP contribution < -0.4 is 4.74 Å². The number of ether oxygens (including phenoxy) is 1. The molecular weight excluding hydrogens is 472 g/mol. The summed E-state index contributed by atoms with van der Waals surface area (Å²) in [6, 6.07) is 18.4. The summed E-state index contributed by atoms with van der Waals surface area (Å²) in [6.07, 6.45) is 1.64. The molecule has 4 rings (SSSR count). The van der Waals surface area contributed by atoms with Crippen LogP contribution >= 0.6 is 35.0 Å². The van der Waals surface area contributed by atoms with E-state index in [1.54, 1.807) is 66.7 Å². The molecule has 0 saturated carbocycles. The van der Waals surface area contributed by atoms with Gasteiger partial charge in [0.1, 0.15) is 18.2 Å². The van der Waals surface area contributed by atoms with Crippen LogP contribution in [0.4, 0.5) is 9.18 Å². The van der Waals surface area contributed by atoms with Gasteiger partial charge in [-0.05, 0) is 53.7 Å². The minimum absolute atomic E-state index is 0.00331. The van der Waals surface area contributed by atoms with Crippen molar-refractivity contribution in [2.24, 2.45) is 0 Å². The number of carbonyl (C=O) groups is 2. The normalized spacial score (nSPS) is 15.0. The second kappa shape index (κ2) is 9.77. The quantitative estimate of drug-likeness (QED) is 0.353. The number of hydrogen-bond acceptors (Lipinski definition) is 4. The average molecular weight is 488 g/mol. The fourth-order valence-electron chi connectivity index (χ4n) is 3.07. The van der Waals surface area contributed by atoms with E-state index in [-0.39, 0.29) is 24.2 Å². The molecule has 3 aromatic carbocycles. The van der Waals surface area contributed by atoms with Gasteiger partial charge < -0.3 is 4.74 Å². The van der Waals surface area contributed by atoms with Crippen molar-refractivity contribution in [1.29, 1.82) is 0 Å². The minimum Gasteiger partial charge on any atom is -0.489 e. The van der Waals surface area contributed by atoms with E-state index in [1.165, 1.54) is 6.07 Å². The van der Waals surface area contributed by atoms with E-state index < -0.39 is 5.91 Å². The standard InChI is InChI=1S/C24H16Cl2FNO3S/c25-19-5-3-6-20(26)18(19)13-28-23(29)22(32-24(28)30)12-15-8-10-17(11-9-15)31-14-16-4-1-2-7-21(16)27/h1-12H,13-14H2/b22-12+. The highest BCUT2D eigenvalue weighted by Gasteiger charge is 2.35. The van der Waals surface area contributed by atoms with Gasteiger partial charge in [-0.2, -0.15) is 0 Å². The highest BCUT2D eigenvalue weighted by Crippen LogP contribution is 2.35. The van der Waals surface area contributed by atoms with Crippen LogP contribution in [0.5, 0.6) is 5.75 Å². The predicted octanol–water partition coefficient (Wildman–Crippen LogP) is 6.95. The Morgan fingerprint density at radius 3 is 2.31 bits per heavy atom. The Bertz CT molecular complexity index is 1190. The number of hydrogen-bond donors (Lipinski definition) is 0. The third kappa shape index (κ3) is 4.99. The Kier molecular flexibility index (Phi) is 6.84. The summed E-state index contributed by atoms with van der Waals surface area (Å²) in [7, 11) is 0. The molecule has 0 atom stereocenters. The molecule has 2 amide bonds. The van der Waals surface area contributed by atoms with E-state index in [1.807, 2.05) is 0 Å². The highest BCUT2D eigenvalue weighted by atomic mass is 35.5. The summed E-state index contributed by atoms with van der Waals surface area (Å²) in [5.74, 6) is -0.166. The zero-order chi connectivity index (χ0) is 22.7. The van der Waals surface area contributed by atoms with Crippen molar-refractivity contribution >= 4 is 52.2 Å². The van der Waals surface area contributed by atoms with Crippen LogP contribution in [0.15, 0.2) is 71.6 Å². The Morgan fingerprint density at radius 2 is 1.62 bits per heavy atom. The van der Waals surface area contributed by atoms with Crippen LogP contribution in [0.25, 0.3) is 6.08 Å². The van der Waals surface area contributed by atoms with Crippen LogP contribution in [-0.2, 0) is 17.9 Å². The molecule has 1 aliphatic heterocycles. The number of carbonyl (C=O) groups excluding carboxylic acids is 2. The molecular formula is C24H16Cl2FNO3S. The monoisotopic (exact) mass is 487 g/mol. The first kappa shape index (κ1) is 22.4. The van der Waals surface area contributed by atoms with Crippen LogP contribution in [0, 0.1) is 5.82 Å². The maximum absolute atomic E-state index is 13.7. The summed E-state index contributed by atoms with van der Waals surface area (Å²) in [4.78, 5) is 26.6. The second-order valence-electron chi connectivity index (χ2n) is 6.92. The molecule has 0 aromatic heterocycles. The molecule has 1 saturated heterocycles. The molecule has 0 radical (unpaired) electrons. The number of thioether (sulfide) groups is 1. The molecule has 162 valence electrons. The molecule has 3 aromatic rings. The van der Waals surface area contributed by atoms with Crippen molar-refractivity contribution in [3.8, 4) is 5.75 Å². The van der Waals surface area contributed by atoms with Gasteiger partial charge in [0.05, 0.1) is 11.4 Å². The smallest absolute Gasteiger partial charge is 0.293 e. The summed E-state index contributed by atoms with van der Waals surface area (Å²) >= 11 is 13.2. The lowest BCUT2D eigenvalue weighted by Gasteiger charge is -2.14. The second-order valence-corrected chi connectivity index (χ2v) is 8.72. The first-order valence-corrected chi connectivity index (χ1v) is 11.1. The van der Waals surface area contributed by atoms with Crippen LogP contribution in [0.2, 0.25) is 10.0 Å². The van der Waals surface area contributed by atoms with Gasteiger partial charge in [-0.25, -0.2) is 4.39 Å². The molecule has 4 nitrogen and oxygen atoms in total. The number of amides is 2. The van der Waals surface area contributed by atoms with E-state index in [0.717, 1.165) is 22.2 Å². The van der Waals surface area contributed by atoms with Crippen molar-refractivity contribution in [1.82, 2.24) is 4.90 Å². The zero-order valence-electron chi connectivity index (χ0n) is 16.6. The van der Waals surface area contributed by atoms with Crippen molar-refractivity contribution in [2.45, 2.75) is 13.2 Å². The number of halogens is 3. The number of rotatable bonds is 6. The number of nitrogens with zero attached hydrogens (tertiary/aromatic N) is 1. The third-order valence-corrected chi connectivity index (χ3v) is 6.40. The third-order valence-electron chi connectivity index (χ3n) is 4.78. The molecule has 0 aliphatic carbocycles. The highest BCUT2D eigenvalue weighted by molar-refractivity contribution is 8.18. The molecule has 0 spiro atoms. The maximum atomic E-state index is 13.7. The lowest BCUT2D eigenvalue weighted by Crippen LogP contribution is -2.27. The largest absolute Gasteiger partial charge is 0.489 e. The SMILES string of the molecule is O=C1S/C(=C/c2ccc(OCc3ccccc3F)cc2)C(=O)N1Cc1c(Cl)cccc1Cl. The molecule has 1 aliphatic rings. The Balaban J connectivity index is 1.44.